The molecule has 0 saturated carbocycles. The maximum absolute atomic E-state index is 13.7. The average Bonchev–Trinajstić information content (AvgIpc) is 3.18. The second-order valence-corrected chi connectivity index (χ2v) is 7.90. The van der Waals surface area contributed by atoms with Gasteiger partial charge in [-0.2, -0.15) is 0 Å². The lowest BCUT2D eigenvalue weighted by atomic mass is 10.0. The fraction of sp³-hybridized carbons (Fsp3) is 0.200. The Hall–Kier alpha value is -4.60. The van der Waals surface area contributed by atoms with Gasteiger partial charge >= 0.3 is 0 Å². The minimum Gasteiger partial charge on any atom is -0.493 e. The maximum atomic E-state index is 13.7. The Kier molecular flexibility index (Phi) is 5.48. The van der Waals surface area contributed by atoms with E-state index in [-0.39, 0.29) is 24.1 Å². The number of aromatic nitrogens is 1. The van der Waals surface area contributed by atoms with Crippen molar-refractivity contribution in [1.29, 1.82) is 0 Å². The number of benzene rings is 2. The first kappa shape index (κ1) is 22.2. The van der Waals surface area contributed by atoms with E-state index in [1.54, 1.807) is 48.5 Å². The normalized spacial score (nSPS) is 15.8. The third-order valence-electron chi connectivity index (χ3n) is 6.03. The number of rotatable bonds is 6. The van der Waals surface area contributed by atoms with Crippen molar-refractivity contribution in [3.05, 3.63) is 71.4 Å². The van der Waals surface area contributed by atoms with Crippen LogP contribution in [0.4, 0.5) is 11.4 Å². The molecule has 35 heavy (non-hydrogen) atoms. The topological polar surface area (TPSA) is 110 Å². The van der Waals surface area contributed by atoms with Gasteiger partial charge in [-0.1, -0.05) is 18.2 Å². The van der Waals surface area contributed by atoms with E-state index in [1.807, 2.05) is 0 Å². The van der Waals surface area contributed by atoms with Crippen LogP contribution in [0.2, 0.25) is 0 Å². The van der Waals surface area contributed by atoms with Crippen LogP contribution in [-0.4, -0.2) is 55.5 Å². The molecule has 0 bridgehead atoms. The Morgan fingerprint density at radius 1 is 0.971 bits per heavy atom. The molecular formula is C25H22N4O6. The van der Waals surface area contributed by atoms with E-state index in [4.69, 9.17) is 14.2 Å². The van der Waals surface area contributed by atoms with E-state index in [9.17, 15) is 14.4 Å². The van der Waals surface area contributed by atoms with Gasteiger partial charge in [0, 0.05) is 11.6 Å². The highest BCUT2D eigenvalue weighted by Crippen LogP contribution is 2.49. The molecule has 2 aliphatic rings. The Balaban J connectivity index is 1.55. The van der Waals surface area contributed by atoms with Gasteiger partial charge in [0.2, 0.25) is 11.8 Å². The molecular weight excluding hydrogens is 452 g/mol. The molecule has 0 unspecified atom stereocenters. The lowest BCUT2D eigenvalue weighted by Crippen LogP contribution is -2.50. The molecule has 1 atom stereocenters. The standard InChI is InChI=1S/C25H22N4O6/c1-33-18-10-9-16-21(22(18)35-3)25(32)29-17-7-5-4-6-15(17)24(31)28(23(16)29)13-19(30)27-14-8-11-20(34-2)26-12-14/h4-12,23H,13H2,1-3H3,(H,27,30)/t23-/m1/s1. The summed E-state index contributed by atoms with van der Waals surface area (Å²) in [6.45, 7) is -0.290. The highest BCUT2D eigenvalue weighted by atomic mass is 16.5. The van der Waals surface area contributed by atoms with Crippen molar-refractivity contribution in [2.24, 2.45) is 0 Å². The average molecular weight is 474 g/mol. The highest BCUT2D eigenvalue weighted by molar-refractivity contribution is 6.18. The van der Waals surface area contributed by atoms with Crippen molar-refractivity contribution in [1.82, 2.24) is 9.88 Å². The Morgan fingerprint density at radius 3 is 2.46 bits per heavy atom. The van der Waals surface area contributed by atoms with Gasteiger partial charge in [-0.15, -0.1) is 0 Å². The van der Waals surface area contributed by atoms with Crippen LogP contribution >= 0.6 is 0 Å². The van der Waals surface area contributed by atoms with Crippen LogP contribution in [0, 0.1) is 0 Å². The molecule has 0 fully saturated rings. The van der Waals surface area contributed by atoms with E-state index in [2.05, 4.69) is 10.3 Å². The van der Waals surface area contributed by atoms with Crippen molar-refractivity contribution >= 4 is 29.1 Å². The van der Waals surface area contributed by atoms with E-state index in [0.29, 0.717) is 39.7 Å². The van der Waals surface area contributed by atoms with Gasteiger partial charge in [0.15, 0.2) is 11.5 Å². The molecule has 10 heteroatoms. The number of carbonyl (C=O) groups is 3. The first-order valence-electron chi connectivity index (χ1n) is 10.8. The number of ether oxygens (including phenoxy) is 3. The number of amides is 3. The predicted octanol–water partition coefficient (Wildman–Crippen LogP) is 2.86. The molecule has 1 aromatic heterocycles. The molecule has 3 amide bonds. The fourth-order valence-corrected chi connectivity index (χ4v) is 4.52. The highest BCUT2D eigenvalue weighted by Gasteiger charge is 2.50. The van der Waals surface area contributed by atoms with Gasteiger partial charge in [0.1, 0.15) is 12.7 Å². The number of fused-ring (bicyclic) bond motifs is 5. The minimum atomic E-state index is -0.820. The van der Waals surface area contributed by atoms with Crippen molar-refractivity contribution < 1.29 is 28.6 Å². The molecule has 5 rings (SSSR count). The smallest absolute Gasteiger partial charge is 0.264 e. The molecule has 178 valence electrons. The molecule has 3 aromatic rings. The van der Waals surface area contributed by atoms with Gasteiger partial charge in [-0.05, 0) is 24.3 Å². The Morgan fingerprint density at radius 2 is 1.77 bits per heavy atom. The first-order valence-corrected chi connectivity index (χ1v) is 10.8. The number of nitrogens with zero attached hydrogens (tertiary/aromatic N) is 3. The zero-order valence-corrected chi connectivity index (χ0v) is 19.3. The Bertz CT molecular complexity index is 1340. The van der Waals surface area contributed by atoms with Crippen molar-refractivity contribution in [2.45, 2.75) is 6.17 Å². The molecule has 1 N–H and O–H groups in total. The molecule has 2 aliphatic heterocycles. The van der Waals surface area contributed by atoms with Gasteiger partial charge in [-0.25, -0.2) is 4.98 Å². The van der Waals surface area contributed by atoms with E-state index in [1.165, 1.54) is 37.3 Å². The molecule has 10 nitrogen and oxygen atoms in total. The summed E-state index contributed by atoms with van der Waals surface area (Å²) in [5.74, 6) is -0.0536. The number of methoxy groups -OCH3 is 3. The predicted molar refractivity (Wildman–Crippen MR) is 126 cm³/mol. The molecule has 0 saturated heterocycles. The molecule has 0 spiro atoms. The van der Waals surface area contributed by atoms with E-state index < -0.39 is 12.1 Å². The number of hydrogen-bond acceptors (Lipinski definition) is 7. The van der Waals surface area contributed by atoms with Crippen LogP contribution in [0.15, 0.2) is 54.7 Å². The zero-order chi connectivity index (χ0) is 24.7. The van der Waals surface area contributed by atoms with Gasteiger partial charge < -0.3 is 24.4 Å². The summed E-state index contributed by atoms with van der Waals surface area (Å²) >= 11 is 0. The molecule has 0 aliphatic carbocycles. The zero-order valence-electron chi connectivity index (χ0n) is 19.3. The summed E-state index contributed by atoms with van der Waals surface area (Å²) in [7, 11) is 4.44. The summed E-state index contributed by atoms with van der Waals surface area (Å²) in [4.78, 5) is 47.2. The number of anilines is 2. The van der Waals surface area contributed by atoms with Crippen LogP contribution < -0.4 is 24.4 Å². The maximum Gasteiger partial charge on any atom is 0.264 e. The van der Waals surface area contributed by atoms with Crippen LogP contribution in [0.3, 0.4) is 0 Å². The number of pyridine rings is 1. The molecule has 2 aromatic carbocycles. The van der Waals surface area contributed by atoms with Crippen LogP contribution in [0.1, 0.15) is 32.4 Å². The van der Waals surface area contributed by atoms with E-state index in [0.717, 1.165) is 0 Å². The summed E-state index contributed by atoms with van der Waals surface area (Å²) < 4.78 is 15.9. The second-order valence-electron chi connectivity index (χ2n) is 7.90. The quantitative estimate of drug-likeness (QED) is 0.585. The van der Waals surface area contributed by atoms with E-state index >= 15 is 0 Å². The van der Waals surface area contributed by atoms with Crippen LogP contribution in [0.25, 0.3) is 0 Å². The lowest BCUT2D eigenvalue weighted by molar-refractivity contribution is -0.117. The monoisotopic (exact) mass is 474 g/mol. The van der Waals surface area contributed by atoms with Crippen LogP contribution in [0.5, 0.6) is 17.4 Å². The fourth-order valence-electron chi connectivity index (χ4n) is 4.52. The molecule has 3 heterocycles. The second kappa shape index (κ2) is 8.64. The SMILES string of the molecule is COc1ccc(NC(=O)CN2C(=O)c3ccccc3N3C(=O)c4c(ccc(OC)c4OC)[C@H]23)cn1. The number of nitrogens with one attached hydrogen (secondary N) is 1. The molecule has 0 radical (unpaired) electrons. The summed E-state index contributed by atoms with van der Waals surface area (Å²) in [6, 6.07) is 13.5. The number of hydrogen-bond donors (Lipinski definition) is 1. The van der Waals surface area contributed by atoms with Crippen molar-refractivity contribution in [2.75, 3.05) is 38.1 Å². The van der Waals surface area contributed by atoms with Crippen molar-refractivity contribution in [3.63, 3.8) is 0 Å². The third-order valence-corrected chi connectivity index (χ3v) is 6.03. The Labute approximate surface area is 201 Å². The minimum absolute atomic E-state index is 0.281. The first-order chi connectivity index (χ1) is 17.0. The van der Waals surface area contributed by atoms with Crippen molar-refractivity contribution in [3.8, 4) is 17.4 Å². The number of para-hydroxylation sites is 1. The third kappa shape index (κ3) is 3.50. The van der Waals surface area contributed by atoms with Crippen LogP contribution in [-0.2, 0) is 4.79 Å². The summed E-state index contributed by atoms with van der Waals surface area (Å²) in [5.41, 5.74) is 2.10. The lowest BCUT2D eigenvalue weighted by Gasteiger charge is -2.40. The largest absolute Gasteiger partial charge is 0.493 e. The van der Waals surface area contributed by atoms with Gasteiger partial charge in [0.25, 0.3) is 11.8 Å². The van der Waals surface area contributed by atoms with Gasteiger partial charge in [0.05, 0.1) is 50.0 Å². The van der Waals surface area contributed by atoms with Gasteiger partial charge in [-0.3, -0.25) is 19.3 Å². The summed E-state index contributed by atoms with van der Waals surface area (Å²) in [5, 5.41) is 2.74. The summed E-state index contributed by atoms with van der Waals surface area (Å²) in [6.07, 6.45) is 0.640. The number of carbonyl (C=O) groups excluding carboxylic acids is 3.